The lowest BCUT2D eigenvalue weighted by Crippen LogP contribution is -2.07. The van der Waals surface area contributed by atoms with Crippen LogP contribution in [0.5, 0.6) is 0 Å². The summed E-state index contributed by atoms with van der Waals surface area (Å²) < 4.78 is 68.0. The second-order valence-corrected chi connectivity index (χ2v) is 5.94. The number of nitrogens with zero attached hydrogens (tertiary/aromatic N) is 3. The van der Waals surface area contributed by atoms with E-state index in [4.69, 9.17) is 12.1 Å². The van der Waals surface area contributed by atoms with Gasteiger partial charge in [0.05, 0.1) is 19.3 Å². The molecule has 0 bridgehead atoms. The molecule has 102 valence electrons. The minimum Gasteiger partial charge on any atom is -0.237 e. The van der Waals surface area contributed by atoms with E-state index in [0.29, 0.717) is 12.3 Å². The predicted octanol–water partition coefficient (Wildman–Crippen LogP) is 2.21. The molecule has 0 saturated heterocycles. The number of rotatable bonds is 2. The highest BCUT2D eigenvalue weighted by molar-refractivity contribution is 8.13. The van der Waals surface area contributed by atoms with Gasteiger partial charge in [0.25, 0.3) is 9.05 Å². The van der Waals surface area contributed by atoms with Crippen molar-refractivity contribution in [3.05, 3.63) is 36.3 Å². The highest BCUT2D eigenvalue weighted by Gasteiger charge is 2.31. The van der Waals surface area contributed by atoms with Gasteiger partial charge in [0.15, 0.2) is 5.82 Å². The Balaban J connectivity index is 2.52. The fourth-order valence-corrected chi connectivity index (χ4v) is 1.86. The van der Waals surface area contributed by atoms with Gasteiger partial charge in [-0.25, -0.2) is 18.1 Å². The largest absolute Gasteiger partial charge is 0.416 e. The van der Waals surface area contributed by atoms with Crippen LogP contribution in [0.25, 0.3) is 5.82 Å². The van der Waals surface area contributed by atoms with E-state index in [-0.39, 0.29) is 10.7 Å². The van der Waals surface area contributed by atoms with Gasteiger partial charge in [-0.15, -0.1) is 0 Å². The summed E-state index contributed by atoms with van der Waals surface area (Å²) in [4.78, 5) is 3.22. The minimum absolute atomic E-state index is 0.278. The number of hydrogen-bond acceptors (Lipinski definition) is 4. The summed E-state index contributed by atoms with van der Waals surface area (Å²) in [7, 11) is 1.04. The summed E-state index contributed by atoms with van der Waals surface area (Å²) in [6.07, 6.45) is -2.21. The van der Waals surface area contributed by atoms with Gasteiger partial charge in [-0.3, -0.25) is 0 Å². The molecule has 2 heterocycles. The molecule has 5 nitrogen and oxygen atoms in total. The summed E-state index contributed by atoms with van der Waals surface area (Å²) in [6.45, 7) is 0. The van der Waals surface area contributed by atoms with Crippen molar-refractivity contribution in [1.29, 1.82) is 0 Å². The number of halogens is 4. The van der Waals surface area contributed by atoms with Crippen molar-refractivity contribution in [3.63, 3.8) is 0 Å². The summed E-state index contributed by atoms with van der Waals surface area (Å²) >= 11 is 0. The third kappa shape index (κ3) is 3.04. The molecule has 19 heavy (non-hydrogen) atoms. The highest BCUT2D eigenvalue weighted by atomic mass is 35.7. The molecule has 2 aromatic rings. The quantitative estimate of drug-likeness (QED) is 0.798. The van der Waals surface area contributed by atoms with E-state index in [2.05, 4.69) is 10.1 Å². The number of hydrogen-bond donors (Lipinski definition) is 0. The van der Waals surface area contributed by atoms with E-state index in [1.165, 1.54) is 0 Å². The van der Waals surface area contributed by atoms with Crippen molar-refractivity contribution in [2.75, 3.05) is 0 Å². The van der Waals surface area contributed by atoms with Crippen molar-refractivity contribution in [2.24, 2.45) is 0 Å². The van der Waals surface area contributed by atoms with Crippen LogP contribution in [0.3, 0.4) is 0 Å². The van der Waals surface area contributed by atoms with E-state index in [0.717, 1.165) is 17.1 Å². The molecule has 0 N–H and O–H groups in total. The fraction of sp³-hybridized carbons (Fsp3) is 0.111. The van der Waals surface area contributed by atoms with Crippen LogP contribution in [0, 0.1) is 0 Å². The summed E-state index contributed by atoms with van der Waals surface area (Å²) in [5.74, 6) is -0.278. The average molecular weight is 313 g/mol. The molecule has 0 aliphatic carbocycles. The maximum Gasteiger partial charge on any atom is 0.416 e. The Hall–Kier alpha value is -1.61. The van der Waals surface area contributed by atoms with E-state index < -0.39 is 26.8 Å². The standard InChI is InChI=1S/C9H5ClF3N3O2S/c10-19(17,18)7-4-15-16(5-7)8-3-6(1-2-14-8)9(11,12)13/h1-5H/i1D. The Morgan fingerprint density at radius 1 is 1.42 bits per heavy atom. The topological polar surface area (TPSA) is 64.8 Å². The monoisotopic (exact) mass is 312 g/mol. The van der Waals surface area contributed by atoms with Crippen LogP contribution < -0.4 is 0 Å². The summed E-state index contributed by atoms with van der Waals surface area (Å²) in [6, 6.07) is -0.196. The van der Waals surface area contributed by atoms with Gasteiger partial charge in [0.1, 0.15) is 4.90 Å². The van der Waals surface area contributed by atoms with Gasteiger partial charge in [-0.1, -0.05) is 0 Å². The SMILES string of the molecule is [2H]c1cnc(-n2cc(S(=O)(=O)Cl)cn2)cc1C(F)(F)F. The van der Waals surface area contributed by atoms with Crippen molar-refractivity contribution in [3.8, 4) is 5.82 Å². The van der Waals surface area contributed by atoms with Crippen LogP contribution in [-0.4, -0.2) is 23.2 Å². The maximum atomic E-state index is 12.6. The normalized spacial score (nSPS) is 13.4. The third-order valence-electron chi connectivity index (χ3n) is 2.07. The van der Waals surface area contributed by atoms with Crippen LogP contribution in [0.15, 0.2) is 35.6 Å². The van der Waals surface area contributed by atoms with Gasteiger partial charge >= 0.3 is 6.18 Å². The molecule has 0 atom stereocenters. The smallest absolute Gasteiger partial charge is 0.237 e. The van der Waals surface area contributed by atoms with Crippen LogP contribution in [0.1, 0.15) is 6.93 Å². The molecule has 0 spiro atoms. The summed E-state index contributed by atoms with van der Waals surface area (Å²) in [5.41, 5.74) is -1.20. The average Bonchev–Trinajstić information content (AvgIpc) is 2.77. The Morgan fingerprint density at radius 3 is 2.63 bits per heavy atom. The van der Waals surface area contributed by atoms with Crippen LogP contribution >= 0.6 is 10.7 Å². The molecule has 2 rings (SSSR count). The molecule has 0 fully saturated rings. The molecule has 0 unspecified atom stereocenters. The van der Waals surface area contributed by atoms with Crippen LogP contribution in [0.4, 0.5) is 13.2 Å². The van der Waals surface area contributed by atoms with Crippen LogP contribution in [-0.2, 0) is 15.2 Å². The lowest BCUT2D eigenvalue weighted by atomic mass is 10.2. The zero-order chi connectivity index (χ0) is 15.1. The van der Waals surface area contributed by atoms with E-state index in [9.17, 15) is 21.6 Å². The number of alkyl halides is 3. The van der Waals surface area contributed by atoms with Gasteiger partial charge in [0.2, 0.25) is 0 Å². The first-order valence-corrected chi connectivity index (χ1v) is 6.93. The van der Waals surface area contributed by atoms with Crippen molar-refractivity contribution >= 4 is 19.7 Å². The lowest BCUT2D eigenvalue weighted by molar-refractivity contribution is -0.137. The van der Waals surface area contributed by atoms with E-state index in [1.54, 1.807) is 0 Å². The molecule has 0 aliphatic heterocycles. The molecular formula is C9H5ClF3N3O2S. The predicted molar refractivity (Wildman–Crippen MR) is 59.4 cm³/mol. The Morgan fingerprint density at radius 2 is 2.11 bits per heavy atom. The van der Waals surface area contributed by atoms with Crippen molar-refractivity contribution in [1.82, 2.24) is 14.8 Å². The Bertz CT molecular complexity index is 760. The van der Waals surface area contributed by atoms with Gasteiger partial charge in [-0.05, 0) is 12.1 Å². The molecular weight excluding hydrogens is 307 g/mol. The second kappa shape index (κ2) is 4.49. The minimum atomic E-state index is -4.72. The first-order chi connectivity index (χ1) is 9.09. The van der Waals surface area contributed by atoms with Gasteiger partial charge in [-0.2, -0.15) is 18.3 Å². The van der Waals surface area contributed by atoms with Crippen molar-refractivity contribution < 1.29 is 23.0 Å². The first kappa shape index (κ1) is 12.4. The molecule has 0 saturated carbocycles. The maximum absolute atomic E-state index is 12.6. The fourth-order valence-electron chi connectivity index (χ4n) is 1.22. The zero-order valence-corrected chi connectivity index (χ0v) is 10.5. The van der Waals surface area contributed by atoms with Crippen LogP contribution in [0.2, 0.25) is 0 Å². The van der Waals surface area contributed by atoms with Gasteiger partial charge < -0.3 is 0 Å². The van der Waals surface area contributed by atoms with E-state index in [1.807, 2.05) is 0 Å². The van der Waals surface area contributed by atoms with E-state index >= 15 is 0 Å². The lowest BCUT2D eigenvalue weighted by Gasteiger charge is -2.07. The Labute approximate surface area is 111 Å². The molecule has 2 aromatic heterocycles. The summed E-state index contributed by atoms with van der Waals surface area (Å²) in [5, 5.41) is 3.57. The van der Waals surface area contributed by atoms with Crippen molar-refractivity contribution in [2.45, 2.75) is 11.1 Å². The third-order valence-corrected chi connectivity index (χ3v) is 3.38. The molecule has 0 radical (unpaired) electrons. The first-order valence-electron chi connectivity index (χ1n) is 5.12. The number of aromatic nitrogens is 3. The molecule has 0 aliphatic rings. The second-order valence-electron chi connectivity index (χ2n) is 3.37. The molecule has 0 amide bonds. The molecule has 0 aromatic carbocycles. The Kier molecular flexibility index (Phi) is 2.94. The van der Waals surface area contributed by atoms with Gasteiger partial charge in [0, 0.05) is 16.9 Å². The zero-order valence-electron chi connectivity index (χ0n) is 9.89. The highest BCUT2D eigenvalue weighted by Crippen LogP contribution is 2.29. The number of pyridine rings is 1. The molecule has 10 heteroatoms.